The van der Waals surface area contributed by atoms with Crippen LogP contribution in [0.3, 0.4) is 0 Å². The van der Waals surface area contributed by atoms with E-state index in [0.29, 0.717) is 5.92 Å². The maximum absolute atomic E-state index is 12.2. The highest BCUT2D eigenvalue weighted by molar-refractivity contribution is 6.24. The normalized spacial score (nSPS) is 17.0. The molecule has 1 saturated carbocycles. The highest BCUT2D eigenvalue weighted by Gasteiger charge is 2.39. The van der Waals surface area contributed by atoms with Gasteiger partial charge < -0.3 is 4.74 Å². The van der Waals surface area contributed by atoms with Gasteiger partial charge in [0.2, 0.25) is 0 Å². The number of amides is 2. The second kappa shape index (κ2) is 5.60. The smallest absolute Gasteiger partial charge is 0.355 e. The number of hydrogen-bond acceptors (Lipinski definition) is 4. The lowest BCUT2D eigenvalue weighted by Crippen LogP contribution is -2.33. The van der Waals surface area contributed by atoms with Gasteiger partial charge in [-0.1, -0.05) is 30.9 Å². The van der Waals surface area contributed by atoms with Crippen LogP contribution in [0.4, 0.5) is 0 Å². The molecule has 3 rings (SSSR count). The summed E-state index contributed by atoms with van der Waals surface area (Å²) < 4.78 is 5.02. The SMILES string of the molecule is C=C(C(=O)OC/C=C/C1CC1)N1C(=O)c2ccccc2C1=O. The fourth-order valence-corrected chi connectivity index (χ4v) is 2.27. The van der Waals surface area contributed by atoms with E-state index in [4.69, 9.17) is 4.74 Å². The Morgan fingerprint density at radius 3 is 2.36 bits per heavy atom. The van der Waals surface area contributed by atoms with Crippen LogP contribution in [0.2, 0.25) is 0 Å². The van der Waals surface area contributed by atoms with Gasteiger partial charge in [-0.2, -0.15) is 0 Å². The molecule has 5 nitrogen and oxygen atoms in total. The average molecular weight is 297 g/mol. The van der Waals surface area contributed by atoms with Crippen molar-refractivity contribution in [1.82, 2.24) is 4.90 Å². The Morgan fingerprint density at radius 2 is 1.82 bits per heavy atom. The minimum Gasteiger partial charge on any atom is -0.457 e. The third-order valence-corrected chi connectivity index (χ3v) is 3.64. The van der Waals surface area contributed by atoms with Crippen LogP contribution in [0.25, 0.3) is 0 Å². The summed E-state index contributed by atoms with van der Waals surface area (Å²) in [5, 5.41) is 0. The second-order valence-corrected chi connectivity index (χ2v) is 5.30. The molecule has 2 amide bonds. The standard InChI is InChI=1S/C17H15NO4/c1-11(17(21)22-10-4-5-12-8-9-12)18-15(19)13-6-2-3-7-14(13)16(18)20/h2-7,12H,1,8-10H2/b5-4+. The molecule has 1 aliphatic heterocycles. The first kappa shape index (κ1) is 14.3. The molecule has 0 atom stereocenters. The fraction of sp³-hybridized carbons (Fsp3) is 0.235. The topological polar surface area (TPSA) is 63.7 Å². The maximum Gasteiger partial charge on any atom is 0.355 e. The number of benzene rings is 1. The molecule has 0 saturated heterocycles. The predicted octanol–water partition coefficient (Wildman–Crippen LogP) is 2.31. The number of ether oxygens (including phenoxy) is 1. The Labute approximate surface area is 127 Å². The van der Waals surface area contributed by atoms with Crippen LogP contribution < -0.4 is 0 Å². The Hall–Kier alpha value is -2.69. The zero-order valence-electron chi connectivity index (χ0n) is 12.0. The van der Waals surface area contributed by atoms with Gasteiger partial charge in [0.15, 0.2) is 0 Å². The first-order valence-corrected chi connectivity index (χ1v) is 7.10. The van der Waals surface area contributed by atoms with Gasteiger partial charge in [-0.25, -0.2) is 9.69 Å². The Bertz CT molecular complexity index is 665. The van der Waals surface area contributed by atoms with E-state index < -0.39 is 17.8 Å². The summed E-state index contributed by atoms with van der Waals surface area (Å²) in [6, 6.07) is 6.42. The van der Waals surface area contributed by atoms with Gasteiger partial charge in [0.05, 0.1) is 11.1 Å². The molecule has 22 heavy (non-hydrogen) atoms. The molecule has 1 aromatic carbocycles. The molecular weight excluding hydrogens is 282 g/mol. The summed E-state index contributed by atoms with van der Waals surface area (Å²) in [6.45, 7) is 3.64. The molecule has 5 heteroatoms. The predicted molar refractivity (Wildman–Crippen MR) is 78.9 cm³/mol. The van der Waals surface area contributed by atoms with Crippen molar-refractivity contribution in [3.8, 4) is 0 Å². The summed E-state index contributed by atoms with van der Waals surface area (Å²) in [5.41, 5.74) is 0.288. The fourth-order valence-electron chi connectivity index (χ4n) is 2.27. The van der Waals surface area contributed by atoms with Crippen LogP contribution >= 0.6 is 0 Å². The van der Waals surface area contributed by atoms with Crippen LogP contribution in [-0.2, 0) is 9.53 Å². The summed E-state index contributed by atoms with van der Waals surface area (Å²) in [7, 11) is 0. The number of rotatable bonds is 5. The molecule has 0 spiro atoms. The van der Waals surface area contributed by atoms with E-state index in [1.54, 1.807) is 30.3 Å². The van der Waals surface area contributed by atoms with E-state index in [-0.39, 0.29) is 23.4 Å². The Kier molecular flexibility index (Phi) is 3.63. The van der Waals surface area contributed by atoms with Crippen molar-refractivity contribution in [2.75, 3.05) is 6.61 Å². The van der Waals surface area contributed by atoms with Crippen molar-refractivity contribution in [3.05, 3.63) is 59.8 Å². The molecule has 2 aliphatic rings. The van der Waals surface area contributed by atoms with E-state index in [9.17, 15) is 14.4 Å². The molecule has 1 aromatic rings. The van der Waals surface area contributed by atoms with Crippen LogP contribution in [0.15, 0.2) is 48.7 Å². The van der Waals surface area contributed by atoms with E-state index in [2.05, 4.69) is 6.58 Å². The van der Waals surface area contributed by atoms with Crippen molar-refractivity contribution < 1.29 is 19.1 Å². The van der Waals surface area contributed by atoms with E-state index in [1.807, 2.05) is 6.08 Å². The van der Waals surface area contributed by atoms with Gasteiger partial charge in [-0.05, 0) is 30.9 Å². The molecule has 0 unspecified atom stereocenters. The molecule has 1 heterocycles. The number of allylic oxidation sites excluding steroid dienone is 1. The molecule has 112 valence electrons. The van der Waals surface area contributed by atoms with Crippen molar-refractivity contribution in [2.24, 2.45) is 5.92 Å². The third kappa shape index (κ3) is 2.57. The molecule has 1 fully saturated rings. The Morgan fingerprint density at radius 1 is 1.23 bits per heavy atom. The maximum atomic E-state index is 12.2. The van der Waals surface area contributed by atoms with Gasteiger partial charge in [-0.3, -0.25) is 9.59 Å². The monoisotopic (exact) mass is 297 g/mol. The lowest BCUT2D eigenvalue weighted by molar-refractivity contribution is -0.139. The number of esters is 1. The number of nitrogens with zero attached hydrogens (tertiary/aromatic N) is 1. The Balaban J connectivity index is 1.66. The molecule has 0 aromatic heterocycles. The lowest BCUT2D eigenvalue weighted by Gasteiger charge is -2.15. The summed E-state index contributed by atoms with van der Waals surface area (Å²) >= 11 is 0. The molecule has 1 aliphatic carbocycles. The lowest BCUT2D eigenvalue weighted by atomic mass is 10.1. The summed E-state index contributed by atoms with van der Waals surface area (Å²) in [4.78, 5) is 37.1. The van der Waals surface area contributed by atoms with Gasteiger partial charge in [-0.15, -0.1) is 0 Å². The van der Waals surface area contributed by atoms with Crippen molar-refractivity contribution >= 4 is 17.8 Å². The zero-order valence-corrected chi connectivity index (χ0v) is 12.0. The third-order valence-electron chi connectivity index (χ3n) is 3.64. The van der Waals surface area contributed by atoms with E-state index in [0.717, 1.165) is 4.90 Å². The van der Waals surface area contributed by atoms with Crippen LogP contribution in [0, 0.1) is 5.92 Å². The number of hydrogen-bond donors (Lipinski definition) is 0. The van der Waals surface area contributed by atoms with Gasteiger partial charge in [0.1, 0.15) is 12.3 Å². The van der Waals surface area contributed by atoms with Crippen molar-refractivity contribution in [1.29, 1.82) is 0 Å². The van der Waals surface area contributed by atoms with Crippen LogP contribution in [0.1, 0.15) is 33.6 Å². The number of fused-ring (bicyclic) bond motifs is 1. The van der Waals surface area contributed by atoms with Crippen LogP contribution in [-0.4, -0.2) is 29.3 Å². The van der Waals surface area contributed by atoms with Gasteiger partial charge in [0, 0.05) is 0 Å². The molecule has 0 bridgehead atoms. The first-order valence-electron chi connectivity index (χ1n) is 7.10. The number of carbonyl (C=O) groups is 3. The van der Waals surface area contributed by atoms with Gasteiger partial charge >= 0.3 is 5.97 Å². The largest absolute Gasteiger partial charge is 0.457 e. The highest BCUT2D eigenvalue weighted by atomic mass is 16.5. The summed E-state index contributed by atoms with van der Waals surface area (Å²) in [5.74, 6) is -1.26. The van der Waals surface area contributed by atoms with Crippen LogP contribution in [0.5, 0.6) is 0 Å². The molecule has 0 radical (unpaired) electrons. The quantitative estimate of drug-likeness (QED) is 0.362. The number of carbonyl (C=O) groups excluding carboxylic acids is 3. The second-order valence-electron chi connectivity index (χ2n) is 5.30. The number of imide groups is 1. The first-order chi connectivity index (χ1) is 10.6. The van der Waals surface area contributed by atoms with Crippen molar-refractivity contribution in [3.63, 3.8) is 0 Å². The minimum atomic E-state index is -0.769. The summed E-state index contributed by atoms with van der Waals surface area (Å²) in [6.07, 6.45) is 6.11. The highest BCUT2D eigenvalue weighted by Crippen LogP contribution is 2.30. The van der Waals surface area contributed by atoms with Crippen molar-refractivity contribution in [2.45, 2.75) is 12.8 Å². The van der Waals surface area contributed by atoms with E-state index >= 15 is 0 Å². The average Bonchev–Trinajstić information content (AvgIpc) is 3.31. The minimum absolute atomic E-state index is 0.109. The zero-order chi connectivity index (χ0) is 15.7. The molecule has 0 N–H and O–H groups in total. The van der Waals surface area contributed by atoms with E-state index in [1.165, 1.54) is 12.8 Å². The molecular formula is C17H15NO4. The van der Waals surface area contributed by atoms with Gasteiger partial charge in [0.25, 0.3) is 11.8 Å².